The molecule has 2 aromatic rings. The highest BCUT2D eigenvalue weighted by atomic mass is 35.5. The molecule has 166 valence electrons. The van der Waals surface area contributed by atoms with E-state index in [9.17, 15) is 22.4 Å². The predicted octanol–water partition coefficient (Wildman–Crippen LogP) is 2.16. The predicted molar refractivity (Wildman–Crippen MR) is 111 cm³/mol. The summed E-state index contributed by atoms with van der Waals surface area (Å²) in [6.45, 7) is -0.504. The van der Waals surface area contributed by atoms with Crippen LogP contribution >= 0.6 is 11.6 Å². The number of halogens is 2. The second-order valence-corrected chi connectivity index (χ2v) is 8.98. The average molecular weight is 472 g/mol. The van der Waals surface area contributed by atoms with E-state index in [4.69, 9.17) is 21.4 Å². The highest BCUT2D eigenvalue weighted by molar-refractivity contribution is 7.87. The molecule has 3 rings (SSSR count). The Kier molecular flexibility index (Phi) is 6.80. The largest absolute Gasteiger partial charge is 0.482 e. The molecule has 1 aliphatic rings. The Hall–Kier alpha value is -2.73. The van der Waals surface area contributed by atoms with Gasteiger partial charge in [-0.05, 0) is 42.3 Å². The molecule has 1 heterocycles. The number of anilines is 1. The Balaban J connectivity index is 1.77. The summed E-state index contributed by atoms with van der Waals surface area (Å²) >= 11 is 5.73. The second-order valence-electron chi connectivity index (χ2n) is 6.81. The number of ether oxygens (including phenoxy) is 1. The number of likely N-dealkylation sites (N-methyl/N-ethyl adjacent to an activating group) is 1. The van der Waals surface area contributed by atoms with Gasteiger partial charge in [-0.1, -0.05) is 23.7 Å². The van der Waals surface area contributed by atoms with Gasteiger partial charge in [-0.25, -0.2) is 9.18 Å². The lowest BCUT2D eigenvalue weighted by Crippen LogP contribution is -2.55. The van der Waals surface area contributed by atoms with Crippen LogP contribution in [-0.4, -0.2) is 49.4 Å². The van der Waals surface area contributed by atoms with Gasteiger partial charge in [0.25, 0.3) is 10.2 Å². The van der Waals surface area contributed by atoms with Crippen molar-refractivity contribution in [3.05, 3.63) is 58.9 Å². The van der Waals surface area contributed by atoms with Crippen LogP contribution in [0.2, 0.25) is 5.02 Å². The number of carboxylic acids is 1. The molecule has 1 saturated heterocycles. The van der Waals surface area contributed by atoms with Crippen molar-refractivity contribution in [2.75, 3.05) is 19.0 Å². The normalized spacial score (nSPS) is 20.7. The lowest BCUT2D eigenvalue weighted by Gasteiger charge is -2.36. The van der Waals surface area contributed by atoms with Crippen LogP contribution in [0, 0.1) is 5.82 Å². The van der Waals surface area contributed by atoms with E-state index in [0.717, 1.165) is 10.4 Å². The maximum Gasteiger partial charge on any atom is 0.341 e. The van der Waals surface area contributed by atoms with E-state index in [1.807, 2.05) is 0 Å². The van der Waals surface area contributed by atoms with E-state index >= 15 is 0 Å². The van der Waals surface area contributed by atoms with Crippen LogP contribution in [-0.2, 0) is 19.8 Å². The zero-order valence-electron chi connectivity index (χ0n) is 16.2. The van der Waals surface area contributed by atoms with Crippen molar-refractivity contribution in [3.63, 3.8) is 0 Å². The van der Waals surface area contributed by atoms with Crippen LogP contribution in [0.15, 0.2) is 42.5 Å². The molecule has 31 heavy (non-hydrogen) atoms. The van der Waals surface area contributed by atoms with Gasteiger partial charge in [0.15, 0.2) is 6.61 Å². The van der Waals surface area contributed by atoms with Crippen molar-refractivity contribution < 1.29 is 32.2 Å². The number of benzene rings is 2. The van der Waals surface area contributed by atoms with Gasteiger partial charge in [-0.3, -0.25) is 4.79 Å². The van der Waals surface area contributed by atoms with Crippen LogP contribution in [0.4, 0.5) is 10.1 Å². The molecule has 2 atom stereocenters. The van der Waals surface area contributed by atoms with E-state index in [1.165, 1.54) is 31.3 Å². The molecular formula is C19H19ClFN3O6S. The molecule has 12 heteroatoms. The Labute approximate surface area is 182 Å². The molecule has 1 aliphatic heterocycles. The van der Waals surface area contributed by atoms with Crippen molar-refractivity contribution in [2.45, 2.75) is 18.5 Å². The molecule has 0 unspecified atom stereocenters. The lowest BCUT2D eigenvalue weighted by molar-refractivity contribution is -0.139. The maximum atomic E-state index is 13.3. The Bertz CT molecular complexity index is 1100. The number of hydrogen-bond acceptors (Lipinski definition) is 5. The first-order chi connectivity index (χ1) is 14.6. The molecule has 0 bridgehead atoms. The summed E-state index contributed by atoms with van der Waals surface area (Å²) in [5, 5.41) is 11.0. The van der Waals surface area contributed by atoms with Crippen molar-refractivity contribution in [3.8, 4) is 5.75 Å². The number of rotatable bonds is 6. The molecule has 0 spiro atoms. The summed E-state index contributed by atoms with van der Waals surface area (Å²) in [5.74, 6) is -2.05. The third kappa shape index (κ3) is 5.50. The number of carbonyl (C=O) groups is 2. The third-order valence-electron chi connectivity index (χ3n) is 4.70. The molecule has 1 amide bonds. The molecule has 0 aromatic heterocycles. The number of nitrogens with one attached hydrogen (secondary N) is 2. The van der Waals surface area contributed by atoms with Crippen LogP contribution in [0.3, 0.4) is 0 Å². The van der Waals surface area contributed by atoms with Crippen molar-refractivity contribution in [1.82, 2.24) is 9.03 Å². The maximum absolute atomic E-state index is 13.3. The Morgan fingerprint density at radius 2 is 1.97 bits per heavy atom. The first kappa shape index (κ1) is 22.9. The van der Waals surface area contributed by atoms with Gasteiger partial charge in [0, 0.05) is 18.8 Å². The number of carboxylic acid groups (broad SMARTS) is 1. The van der Waals surface area contributed by atoms with Gasteiger partial charge in [0.2, 0.25) is 5.91 Å². The summed E-state index contributed by atoms with van der Waals surface area (Å²) in [4.78, 5) is 23.4. The number of hydrogen-bond donors (Lipinski definition) is 3. The van der Waals surface area contributed by atoms with Gasteiger partial charge < -0.3 is 15.2 Å². The first-order valence-electron chi connectivity index (χ1n) is 9.02. The van der Waals surface area contributed by atoms with Crippen molar-refractivity contribution >= 4 is 39.4 Å². The van der Waals surface area contributed by atoms with Gasteiger partial charge in [0.1, 0.15) is 17.6 Å². The highest BCUT2D eigenvalue weighted by Gasteiger charge is 2.40. The summed E-state index contributed by atoms with van der Waals surface area (Å²) < 4.78 is 46.9. The fourth-order valence-electron chi connectivity index (χ4n) is 3.07. The first-order valence-corrected chi connectivity index (χ1v) is 10.8. The third-order valence-corrected chi connectivity index (χ3v) is 6.59. The number of amides is 1. The second kappa shape index (κ2) is 9.18. The minimum Gasteiger partial charge on any atom is -0.482 e. The standard InChI is InChI=1S/C19H19ClFN3O6S/c1-24-17(19(27)22-12-4-7-15(21)14(20)8-12)9-16(23-31(24,28)29)11-2-5-13(6-3-11)30-10-18(25)26/h2-8,16-17,23H,9-10H2,1H3,(H,22,27)(H,25,26)/t16-,17+/m1/s1. The molecule has 0 aliphatic carbocycles. The topological polar surface area (TPSA) is 125 Å². The van der Waals surface area contributed by atoms with Crippen LogP contribution in [0.25, 0.3) is 0 Å². The number of carbonyl (C=O) groups excluding carboxylic acids is 1. The molecule has 1 fully saturated rings. The Morgan fingerprint density at radius 1 is 1.29 bits per heavy atom. The van der Waals surface area contributed by atoms with E-state index in [0.29, 0.717) is 11.3 Å². The lowest BCUT2D eigenvalue weighted by atomic mass is 9.99. The number of nitrogens with zero attached hydrogens (tertiary/aromatic N) is 1. The summed E-state index contributed by atoms with van der Waals surface area (Å²) in [6, 6.07) is 8.11. The molecular weight excluding hydrogens is 453 g/mol. The molecule has 3 N–H and O–H groups in total. The summed E-state index contributed by atoms with van der Waals surface area (Å²) in [5.41, 5.74) is 0.805. The van der Waals surface area contributed by atoms with Gasteiger partial charge >= 0.3 is 5.97 Å². The fraction of sp³-hybridized carbons (Fsp3) is 0.263. The average Bonchev–Trinajstić information content (AvgIpc) is 2.71. The van der Waals surface area contributed by atoms with Crippen LogP contribution in [0.5, 0.6) is 5.75 Å². The van der Waals surface area contributed by atoms with Crippen molar-refractivity contribution in [1.29, 1.82) is 0 Å². The SMILES string of the molecule is CN1[C@H](C(=O)Nc2ccc(F)c(Cl)c2)C[C@H](c2ccc(OCC(=O)O)cc2)NS1(=O)=O. The fourth-order valence-corrected chi connectivity index (χ4v) is 4.52. The summed E-state index contributed by atoms with van der Waals surface area (Å²) in [6.07, 6.45) is 0.117. The number of aliphatic carboxylic acids is 1. The van der Waals surface area contributed by atoms with Crippen LogP contribution < -0.4 is 14.8 Å². The summed E-state index contributed by atoms with van der Waals surface area (Å²) in [7, 11) is -2.68. The zero-order valence-corrected chi connectivity index (χ0v) is 17.8. The van der Waals surface area contributed by atoms with E-state index < -0.39 is 46.6 Å². The van der Waals surface area contributed by atoms with Gasteiger partial charge in [-0.15, -0.1) is 0 Å². The van der Waals surface area contributed by atoms with Crippen molar-refractivity contribution in [2.24, 2.45) is 0 Å². The highest BCUT2D eigenvalue weighted by Crippen LogP contribution is 2.30. The molecule has 9 nitrogen and oxygen atoms in total. The van der Waals surface area contributed by atoms with Crippen LogP contribution in [0.1, 0.15) is 18.0 Å². The molecule has 2 aromatic carbocycles. The van der Waals surface area contributed by atoms with E-state index in [2.05, 4.69) is 10.0 Å². The monoisotopic (exact) mass is 471 g/mol. The Morgan fingerprint density at radius 3 is 2.58 bits per heavy atom. The smallest absolute Gasteiger partial charge is 0.341 e. The van der Waals surface area contributed by atoms with E-state index in [-0.39, 0.29) is 17.1 Å². The van der Waals surface area contributed by atoms with Gasteiger partial charge in [0.05, 0.1) is 5.02 Å². The van der Waals surface area contributed by atoms with E-state index in [1.54, 1.807) is 12.1 Å². The quantitative estimate of drug-likeness (QED) is 0.593. The molecule has 0 saturated carbocycles. The molecule has 0 radical (unpaired) electrons. The minimum atomic E-state index is -3.96. The zero-order chi connectivity index (χ0) is 22.8. The minimum absolute atomic E-state index is 0.117. The van der Waals surface area contributed by atoms with Gasteiger partial charge in [-0.2, -0.15) is 17.4 Å².